The van der Waals surface area contributed by atoms with Gasteiger partial charge < -0.3 is 5.11 Å². The molecule has 7 heteroatoms. The van der Waals surface area contributed by atoms with E-state index in [0.717, 1.165) is 5.56 Å². The maximum Gasteiger partial charge on any atom is 0.331 e. The zero-order valence-electron chi connectivity index (χ0n) is 17.2. The summed E-state index contributed by atoms with van der Waals surface area (Å²) in [6, 6.07) is 19.6. The van der Waals surface area contributed by atoms with Crippen molar-refractivity contribution in [3.63, 3.8) is 0 Å². The minimum absolute atomic E-state index is 0.121. The number of benzene rings is 3. The topological polar surface area (TPSA) is 81.3 Å². The summed E-state index contributed by atoms with van der Waals surface area (Å²) in [5.41, 5.74) is 1.51. The summed E-state index contributed by atoms with van der Waals surface area (Å²) in [4.78, 5) is 37.9. The molecule has 1 aromatic heterocycles. The first-order valence-electron chi connectivity index (χ1n) is 10.2. The molecule has 3 aromatic carbocycles. The van der Waals surface area contributed by atoms with Crippen LogP contribution in [-0.2, 0) is 19.5 Å². The molecule has 4 aromatic rings. The normalized spacial score (nSPS) is 11.1. The number of aliphatic hydroxyl groups excluding tert-OH is 1. The molecule has 6 nitrogen and oxygen atoms in total. The fourth-order valence-corrected chi connectivity index (χ4v) is 3.72. The molecule has 1 heterocycles. The minimum atomic E-state index is -0.570. The van der Waals surface area contributed by atoms with Crippen LogP contribution in [0, 0.1) is 5.82 Å². The highest BCUT2D eigenvalue weighted by molar-refractivity contribution is 5.96. The standard InChI is InChI=1S/C25H21FN2O4/c26-20-5-3-4-17(14-20)12-13-27-24(31)21-6-1-2-7-22(21)28(25(27)32)15-18-8-10-19(11-9-18)23(30)16-29/h1-11,14,29H,12-13,15-16H2. The lowest BCUT2D eigenvalue weighted by atomic mass is 10.1. The fourth-order valence-electron chi connectivity index (χ4n) is 3.72. The Balaban J connectivity index is 1.74. The lowest BCUT2D eigenvalue weighted by Crippen LogP contribution is -2.40. The van der Waals surface area contributed by atoms with Gasteiger partial charge in [0.25, 0.3) is 5.56 Å². The number of carbonyl (C=O) groups is 1. The molecule has 4 rings (SSSR count). The van der Waals surface area contributed by atoms with Gasteiger partial charge in [-0.1, -0.05) is 48.5 Å². The van der Waals surface area contributed by atoms with Gasteiger partial charge in [-0.15, -0.1) is 0 Å². The second-order valence-corrected chi connectivity index (χ2v) is 7.50. The number of para-hydroxylation sites is 1. The van der Waals surface area contributed by atoms with Gasteiger partial charge in [-0.25, -0.2) is 9.18 Å². The van der Waals surface area contributed by atoms with Crippen LogP contribution in [-0.4, -0.2) is 26.6 Å². The van der Waals surface area contributed by atoms with Gasteiger partial charge >= 0.3 is 5.69 Å². The van der Waals surface area contributed by atoms with E-state index in [1.54, 1.807) is 60.7 Å². The van der Waals surface area contributed by atoms with Crippen molar-refractivity contribution in [1.29, 1.82) is 0 Å². The molecule has 0 fully saturated rings. The molecule has 0 aliphatic rings. The van der Waals surface area contributed by atoms with Gasteiger partial charge in [0, 0.05) is 12.1 Å². The number of hydrogen-bond donors (Lipinski definition) is 1. The highest BCUT2D eigenvalue weighted by atomic mass is 19.1. The molecule has 32 heavy (non-hydrogen) atoms. The van der Waals surface area contributed by atoms with E-state index >= 15 is 0 Å². The second kappa shape index (κ2) is 9.11. The third-order valence-electron chi connectivity index (χ3n) is 5.41. The molecule has 0 unspecified atom stereocenters. The van der Waals surface area contributed by atoms with Crippen LogP contribution in [0.4, 0.5) is 4.39 Å². The average molecular weight is 432 g/mol. The van der Waals surface area contributed by atoms with Gasteiger partial charge in [0.05, 0.1) is 17.4 Å². The Morgan fingerprint density at radius 2 is 1.62 bits per heavy atom. The third-order valence-corrected chi connectivity index (χ3v) is 5.41. The van der Waals surface area contributed by atoms with E-state index in [-0.39, 0.29) is 30.2 Å². The van der Waals surface area contributed by atoms with E-state index < -0.39 is 12.3 Å². The van der Waals surface area contributed by atoms with E-state index in [1.165, 1.54) is 21.3 Å². The Kier molecular flexibility index (Phi) is 6.09. The molecule has 0 aliphatic heterocycles. The first-order chi connectivity index (χ1) is 15.5. The highest BCUT2D eigenvalue weighted by Crippen LogP contribution is 2.12. The molecule has 0 amide bonds. The minimum Gasteiger partial charge on any atom is -0.388 e. The molecular weight excluding hydrogens is 411 g/mol. The van der Waals surface area contributed by atoms with Crippen LogP contribution in [0.1, 0.15) is 21.5 Å². The number of aromatic nitrogens is 2. The van der Waals surface area contributed by atoms with Crippen molar-refractivity contribution in [2.24, 2.45) is 0 Å². The molecule has 0 radical (unpaired) electrons. The number of hydrogen-bond acceptors (Lipinski definition) is 4. The molecule has 0 saturated heterocycles. The predicted octanol–water partition coefficient (Wildman–Crippen LogP) is 2.77. The van der Waals surface area contributed by atoms with Gasteiger partial charge in [-0.2, -0.15) is 0 Å². The summed E-state index contributed by atoms with van der Waals surface area (Å²) in [5.74, 6) is -0.751. The van der Waals surface area contributed by atoms with Crippen molar-refractivity contribution >= 4 is 16.7 Å². The van der Waals surface area contributed by atoms with Crippen LogP contribution in [0.5, 0.6) is 0 Å². The number of carbonyl (C=O) groups excluding carboxylic acids is 1. The Morgan fingerprint density at radius 1 is 0.875 bits per heavy atom. The van der Waals surface area contributed by atoms with Crippen LogP contribution in [0.25, 0.3) is 10.9 Å². The molecule has 0 spiro atoms. The molecule has 1 N–H and O–H groups in total. The monoisotopic (exact) mass is 432 g/mol. The van der Waals surface area contributed by atoms with E-state index in [0.29, 0.717) is 28.5 Å². The van der Waals surface area contributed by atoms with Crippen molar-refractivity contribution in [2.45, 2.75) is 19.5 Å². The van der Waals surface area contributed by atoms with Crippen LogP contribution < -0.4 is 11.2 Å². The largest absolute Gasteiger partial charge is 0.388 e. The number of Topliss-reactive ketones (excluding diaryl/α,β-unsaturated/α-hetero) is 1. The maximum atomic E-state index is 13.5. The summed E-state index contributed by atoms with van der Waals surface area (Å²) >= 11 is 0. The van der Waals surface area contributed by atoms with Gasteiger partial charge in [-0.3, -0.25) is 18.7 Å². The SMILES string of the molecule is O=C(CO)c1ccc(Cn2c(=O)n(CCc3cccc(F)c3)c(=O)c3ccccc32)cc1. The van der Waals surface area contributed by atoms with Gasteiger partial charge in [0.1, 0.15) is 12.4 Å². The molecule has 0 saturated carbocycles. The molecule has 162 valence electrons. The van der Waals surface area contributed by atoms with E-state index in [9.17, 15) is 18.8 Å². The Bertz CT molecular complexity index is 1400. The van der Waals surface area contributed by atoms with Gasteiger partial charge in [0.15, 0.2) is 5.78 Å². The van der Waals surface area contributed by atoms with Crippen molar-refractivity contribution < 1.29 is 14.3 Å². The third kappa shape index (κ3) is 4.29. The smallest absolute Gasteiger partial charge is 0.331 e. The van der Waals surface area contributed by atoms with E-state index in [4.69, 9.17) is 5.11 Å². The van der Waals surface area contributed by atoms with E-state index in [2.05, 4.69) is 0 Å². The van der Waals surface area contributed by atoms with Crippen molar-refractivity contribution in [3.8, 4) is 0 Å². The van der Waals surface area contributed by atoms with Crippen LogP contribution in [0.2, 0.25) is 0 Å². The average Bonchev–Trinajstić information content (AvgIpc) is 2.81. The number of halogens is 1. The quantitative estimate of drug-likeness (QED) is 0.456. The first-order valence-corrected chi connectivity index (χ1v) is 10.2. The lowest BCUT2D eigenvalue weighted by molar-refractivity contribution is 0.0903. The number of fused-ring (bicyclic) bond motifs is 1. The number of aliphatic hydroxyl groups is 1. The zero-order valence-corrected chi connectivity index (χ0v) is 17.2. The molecular formula is C25H21FN2O4. The summed E-state index contributed by atoms with van der Waals surface area (Å²) in [6.45, 7) is -0.247. The van der Waals surface area contributed by atoms with Gasteiger partial charge in [0.2, 0.25) is 0 Å². The Hall–Kier alpha value is -3.84. The lowest BCUT2D eigenvalue weighted by Gasteiger charge is -2.14. The molecule has 0 bridgehead atoms. The van der Waals surface area contributed by atoms with Crippen molar-refractivity contribution in [2.75, 3.05) is 6.61 Å². The summed E-state index contributed by atoms with van der Waals surface area (Å²) in [7, 11) is 0. The summed E-state index contributed by atoms with van der Waals surface area (Å²) in [5, 5.41) is 9.42. The second-order valence-electron chi connectivity index (χ2n) is 7.50. The van der Waals surface area contributed by atoms with Crippen LogP contribution in [0.15, 0.2) is 82.4 Å². The Labute approximate surface area is 182 Å². The zero-order chi connectivity index (χ0) is 22.7. The predicted molar refractivity (Wildman–Crippen MR) is 120 cm³/mol. The van der Waals surface area contributed by atoms with Gasteiger partial charge in [-0.05, 0) is 41.8 Å². The Morgan fingerprint density at radius 3 is 2.34 bits per heavy atom. The number of nitrogens with zero attached hydrogens (tertiary/aromatic N) is 2. The maximum absolute atomic E-state index is 13.5. The fraction of sp³-hybridized carbons (Fsp3) is 0.160. The van der Waals surface area contributed by atoms with Crippen LogP contribution in [0.3, 0.4) is 0 Å². The summed E-state index contributed by atoms with van der Waals surface area (Å²) in [6.07, 6.45) is 0.337. The van der Waals surface area contributed by atoms with Crippen LogP contribution >= 0.6 is 0 Å². The number of aryl methyl sites for hydroxylation is 1. The summed E-state index contributed by atoms with van der Waals surface area (Å²) < 4.78 is 16.2. The number of rotatable bonds is 7. The highest BCUT2D eigenvalue weighted by Gasteiger charge is 2.14. The van der Waals surface area contributed by atoms with Crippen molar-refractivity contribution in [1.82, 2.24) is 9.13 Å². The van der Waals surface area contributed by atoms with Crippen molar-refractivity contribution in [3.05, 3.63) is 116 Å². The molecule has 0 aliphatic carbocycles. The number of ketones is 1. The van der Waals surface area contributed by atoms with E-state index in [1.807, 2.05) is 0 Å². The first kappa shape index (κ1) is 21.4. The molecule has 0 atom stereocenters.